The van der Waals surface area contributed by atoms with E-state index in [2.05, 4.69) is 4.74 Å². The summed E-state index contributed by atoms with van der Waals surface area (Å²) in [5.41, 5.74) is 0. The second-order valence-electron chi connectivity index (χ2n) is 2.83. The van der Waals surface area contributed by atoms with Crippen LogP contribution in [0.25, 0.3) is 0 Å². The summed E-state index contributed by atoms with van der Waals surface area (Å²) >= 11 is 0. The van der Waals surface area contributed by atoms with Gasteiger partial charge in [-0.3, -0.25) is 9.59 Å². The van der Waals surface area contributed by atoms with Crippen LogP contribution in [0.3, 0.4) is 0 Å². The maximum absolute atomic E-state index is 11.2. The van der Waals surface area contributed by atoms with Gasteiger partial charge in [-0.15, -0.1) is 0 Å². The normalized spacial score (nSPS) is 25.6. The third-order valence-corrected chi connectivity index (χ3v) is 2.12. The molecule has 0 unspecified atom stereocenters. The largest absolute Gasteiger partial charge is 0.468 e. The second-order valence-corrected chi connectivity index (χ2v) is 2.83. The molecule has 1 rings (SSSR count). The lowest BCUT2D eigenvalue weighted by atomic mass is 9.99. The van der Waals surface area contributed by atoms with E-state index in [1.165, 1.54) is 14.2 Å². The van der Waals surface area contributed by atoms with Crippen molar-refractivity contribution in [2.45, 2.75) is 12.1 Å². The highest BCUT2D eigenvalue weighted by Crippen LogP contribution is 2.20. The van der Waals surface area contributed by atoms with E-state index in [-0.39, 0.29) is 12.5 Å². The SMILES string of the molecule is COC(=O)CN1C(=O)[C@H](OC)[C@@H]1C=O. The number of likely N-dealkylation sites (tertiary alicyclic amines) is 1. The Morgan fingerprint density at radius 1 is 1.57 bits per heavy atom. The third kappa shape index (κ3) is 1.60. The molecule has 78 valence electrons. The third-order valence-electron chi connectivity index (χ3n) is 2.12. The fraction of sp³-hybridized carbons (Fsp3) is 0.625. The van der Waals surface area contributed by atoms with Crippen molar-refractivity contribution in [1.82, 2.24) is 4.90 Å². The first-order valence-corrected chi connectivity index (χ1v) is 4.01. The Bertz CT molecular complexity index is 264. The van der Waals surface area contributed by atoms with Crippen molar-refractivity contribution in [3.63, 3.8) is 0 Å². The number of aldehydes is 1. The number of esters is 1. The van der Waals surface area contributed by atoms with Gasteiger partial charge in [0.2, 0.25) is 0 Å². The fourth-order valence-corrected chi connectivity index (χ4v) is 1.31. The van der Waals surface area contributed by atoms with E-state index in [9.17, 15) is 14.4 Å². The topological polar surface area (TPSA) is 72.9 Å². The molecule has 1 saturated heterocycles. The summed E-state index contributed by atoms with van der Waals surface area (Å²) < 4.78 is 9.15. The average Bonchev–Trinajstić information content (AvgIpc) is 2.21. The van der Waals surface area contributed by atoms with Crippen LogP contribution in [0.5, 0.6) is 0 Å². The number of β-lactam (4-membered cyclic amide) rings is 1. The zero-order valence-corrected chi connectivity index (χ0v) is 7.93. The lowest BCUT2D eigenvalue weighted by Crippen LogP contribution is -2.67. The summed E-state index contributed by atoms with van der Waals surface area (Å²) in [6.45, 7) is -0.210. The Morgan fingerprint density at radius 2 is 2.21 bits per heavy atom. The predicted molar refractivity (Wildman–Crippen MR) is 44.4 cm³/mol. The lowest BCUT2D eigenvalue weighted by Gasteiger charge is -2.42. The number of carbonyl (C=O) groups is 3. The first kappa shape index (κ1) is 10.6. The number of methoxy groups -OCH3 is 2. The number of hydrogen-bond acceptors (Lipinski definition) is 5. The molecule has 0 aromatic heterocycles. The number of ether oxygens (including phenoxy) is 2. The number of rotatable bonds is 4. The summed E-state index contributed by atoms with van der Waals surface area (Å²) in [7, 11) is 2.56. The van der Waals surface area contributed by atoms with Crippen LogP contribution < -0.4 is 0 Å². The maximum atomic E-state index is 11.2. The monoisotopic (exact) mass is 201 g/mol. The van der Waals surface area contributed by atoms with Crippen LogP contribution in [-0.4, -0.2) is 56.0 Å². The van der Waals surface area contributed by atoms with Gasteiger partial charge in [0.05, 0.1) is 7.11 Å². The summed E-state index contributed by atoms with van der Waals surface area (Å²) in [5.74, 6) is -0.922. The van der Waals surface area contributed by atoms with E-state index in [4.69, 9.17) is 4.74 Å². The smallest absolute Gasteiger partial charge is 0.325 e. The molecule has 2 atom stereocenters. The molecule has 0 aliphatic carbocycles. The molecular formula is C8H11NO5. The van der Waals surface area contributed by atoms with Crippen molar-refractivity contribution in [1.29, 1.82) is 0 Å². The van der Waals surface area contributed by atoms with Crippen molar-refractivity contribution in [3.05, 3.63) is 0 Å². The molecule has 0 aromatic rings. The number of hydrogen-bond donors (Lipinski definition) is 0. The molecule has 6 heteroatoms. The van der Waals surface area contributed by atoms with Crippen molar-refractivity contribution < 1.29 is 23.9 Å². The number of nitrogens with zero attached hydrogens (tertiary/aromatic N) is 1. The van der Waals surface area contributed by atoms with Crippen molar-refractivity contribution >= 4 is 18.2 Å². The highest BCUT2D eigenvalue weighted by Gasteiger charge is 2.48. The van der Waals surface area contributed by atoms with Gasteiger partial charge in [-0.2, -0.15) is 0 Å². The second kappa shape index (κ2) is 4.19. The van der Waals surface area contributed by atoms with Gasteiger partial charge < -0.3 is 19.2 Å². The van der Waals surface area contributed by atoms with Gasteiger partial charge in [0.25, 0.3) is 5.91 Å². The van der Waals surface area contributed by atoms with E-state index in [1.807, 2.05) is 0 Å². The molecule has 6 nitrogen and oxygen atoms in total. The Morgan fingerprint density at radius 3 is 2.64 bits per heavy atom. The Labute approximate surface area is 80.8 Å². The molecule has 1 amide bonds. The first-order chi connectivity index (χ1) is 6.65. The van der Waals surface area contributed by atoms with Crippen LogP contribution in [0.15, 0.2) is 0 Å². The minimum Gasteiger partial charge on any atom is -0.468 e. The van der Waals surface area contributed by atoms with Crippen LogP contribution >= 0.6 is 0 Å². The van der Waals surface area contributed by atoms with Gasteiger partial charge in [-0.25, -0.2) is 0 Å². The van der Waals surface area contributed by atoms with Crippen LogP contribution in [0.2, 0.25) is 0 Å². The zero-order chi connectivity index (χ0) is 10.7. The van der Waals surface area contributed by atoms with E-state index >= 15 is 0 Å². The molecule has 0 bridgehead atoms. The van der Waals surface area contributed by atoms with Gasteiger partial charge in [-0.1, -0.05) is 0 Å². The Hall–Kier alpha value is -1.43. The van der Waals surface area contributed by atoms with E-state index in [0.717, 1.165) is 4.90 Å². The molecule has 0 aromatic carbocycles. The number of carbonyl (C=O) groups excluding carboxylic acids is 3. The standard InChI is InChI=1S/C8H11NO5/c1-13-6(11)3-9-5(4-10)7(14-2)8(9)12/h4-5,7H,3H2,1-2H3/t5-,7+/m0/s1. The molecule has 0 saturated carbocycles. The molecular weight excluding hydrogens is 190 g/mol. The molecule has 0 N–H and O–H groups in total. The van der Waals surface area contributed by atoms with E-state index < -0.39 is 18.1 Å². The number of amides is 1. The van der Waals surface area contributed by atoms with E-state index in [1.54, 1.807) is 0 Å². The summed E-state index contributed by atoms with van der Waals surface area (Å²) in [6, 6.07) is -0.674. The molecule has 1 aliphatic rings. The lowest BCUT2D eigenvalue weighted by molar-refractivity contribution is -0.175. The fourth-order valence-electron chi connectivity index (χ4n) is 1.31. The van der Waals surface area contributed by atoms with Gasteiger partial charge in [0, 0.05) is 7.11 Å². The quantitative estimate of drug-likeness (QED) is 0.317. The van der Waals surface area contributed by atoms with Gasteiger partial charge in [0.1, 0.15) is 18.9 Å². The highest BCUT2D eigenvalue weighted by atomic mass is 16.5. The predicted octanol–water partition coefficient (Wildman–Crippen LogP) is -1.42. The van der Waals surface area contributed by atoms with E-state index in [0.29, 0.717) is 6.29 Å². The minimum absolute atomic E-state index is 0.210. The summed E-state index contributed by atoms with van der Waals surface area (Å²) in [4.78, 5) is 33.8. The first-order valence-electron chi connectivity index (χ1n) is 4.01. The van der Waals surface area contributed by atoms with Gasteiger partial charge in [-0.05, 0) is 0 Å². The Balaban J connectivity index is 2.58. The van der Waals surface area contributed by atoms with Crippen LogP contribution in [0.4, 0.5) is 0 Å². The van der Waals surface area contributed by atoms with Gasteiger partial charge in [0.15, 0.2) is 6.10 Å². The minimum atomic E-state index is -0.753. The van der Waals surface area contributed by atoms with Gasteiger partial charge >= 0.3 is 5.97 Å². The molecule has 0 radical (unpaired) electrons. The highest BCUT2D eigenvalue weighted by molar-refractivity contribution is 5.97. The summed E-state index contributed by atoms with van der Waals surface area (Å²) in [5, 5.41) is 0. The molecule has 1 heterocycles. The van der Waals surface area contributed by atoms with Crippen molar-refractivity contribution in [2.75, 3.05) is 20.8 Å². The van der Waals surface area contributed by atoms with Crippen LogP contribution in [-0.2, 0) is 23.9 Å². The molecule has 14 heavy (non-hydrogen) atoms. The van der Waals surface area contributed by atoms with Crippen LogP contribution in [0, 0.1) is 0 Å². The molecule has 0 spiro atoms. The van der Waals surface area contributed by atoms with Crippen molar-refractivity contribution in [2.24, 2.45) is 0 Å². The summed E-state index contributed by atoms with van der Waals surface area (Å²) in [6.07, 6.45) is -0.171. The Kier molecular flexibility index (Phi) is 3.19. The van der Waals surface area contributed by atoms with Crippen molar-refractivity contribution in [3.8, 4) is 0 Å². The molecule has 1 aliphatic heterocycles. The average molecular weight is 201 g/mol. The zero-order valence-electron chi connectivity index (χ0n) is 7.93. The molecule has 1 fully saturated rings. The van der Waals surface area contributed by atoms with Crippen LogP contribution in [0.1, 0.15) is 0 Å². The maximum Gasteiger partial charge on any atom is 0.325 e.